The van der Waals surface area contributed by atoms with E-state index in [4.69, 9.17) is 23.2 Å². The minimum Gasteiger partial charge on any atom is -0.311 e. The van der Waals surface area contributed by atoms with E-state index in [1.165, 1.54) is 0 Å². The van der Waals surface area contributed by atoms with Crippen molar-refractivity contribution in [3.63, 3.8) is 0 Å². The van der Waals surface area contributed by atoms with Crippen LogP contribution in [0.25, 0.3) is 0 Å². The molecule has 0 radical (unpaired) electrons. The molecule has 0 bridgehead atoms. The van der Waals surface area contributed by atoms with Crippen LogP contribution in [0, 0.1) is 6.92 Å². The number of rotatable bonds is 4. The van der Waals surface area contributed by atoms with E-state index in [9.17, 15) is 0 Å². The standard InChI is InChI=1S/C13H16Cl2N4/c1-8-4-10(19(3)18-8)6-12(16-2)13-11(15)5-9(14)7-17-13/h4-5,7,12,16H,6H2,1-3H3. The summed E-state index contributed by atoms with van der Waals surface area (Å²) in [4.78, 5) is 4.33. The van der Waals surface area contributed by atoms with Gasteiger partial charge in [-0.15, -0.1) is 0 Å². The number of halogens is 2. The third kappa shape index (κ3) is 3.26. The van der Waals surface area contributed by atoms with Crippen LogP contribution in [0.1, 0.15) is 23.1 Å². The molecule has 2 aromatic heterocycles. The van der Waals surface area contributed by atoms with Gasteiger partial charge in [0.2, 0.25) is 0 Å². The molecule has 2 heterocycles. The first-order chi connectivity index (χ1) is 9.01. The van der Waals surface area contributed by atoms with Gasteiger partial charge in [-0.05, 0) is 26.1 Å². The Morgan fingerprint density at radius 2 is 2.11 bits per heavy atom. The van der Waals surface area contributed by atoms with E-state index in [1.807, 2.05) is 25.7 Å². The third-order valence-corrected chi connectivity index (χ3v) is 3.54. The van der Waals surface area contributed by atoms with Gasteiger partial charge in [-0.1, -0.05) is 23.2 Å². The molecule has 0 aromatic carbocycles. The number of likely N-dealkylation sites (N-methyl/N-ethyl adjacent to an activating group) is 1. The molecule has 0 aliphatic carbocycles. The molecule has 19 heavy (non-hydrogen) atoms. The van der Waals surface area contributed by atoms with Crippen molar-refractivity contribution >= 4 is 23.2 Å². The fourth-order valence-corrected chi connectivity index (χ4v) is 2.59. The normalized spacial score (nSPS) is 12.7. The first kappa shape index (κ1) is 14.3. The summed E-state index contributed by atoms with van der Waals surface area (Å²) in [6.45, 7) is 1.98. The molecule has 0 spiro atoms. The average Bonchev–Trinajstić information content (AvgIpc) is 2.65. The molecule has 2 aromatic rings. The van der Waals surface area contributed by atoms with Gasteiger partial charge in [0.05, 0.1) is 27.5 Å². The van der Waals surface area contributed by atoms with Crippen molar-refractivity contribution in [1.29, 1.82) is 0 Å². The summed E-state index contributed by atoms with van der Waals surface area (Å²) in [6.07, 6.45) is 2.38. The summed E-state index contributed by atoms with van der Waals surface area (Å²) >= 11 is 12.1. The lowest BCUT2D eigenvalue weighted by molar-refractivity contribution is 0.549. The largest absolute Gasteiger partial charge is 0.311 e. The van der Waals surface area contributed by atoms with Crippen LogP contribution >= 0.6 is 23.2 Å². The quantitative estimate of drug-likeness (QED) is 0.944. The second-order valence-corrected chi connectivity index (χ2v) is 5.31. The maximum absolute atomic E-state index is 6.20. The molecule has 0 aliphatic rings. The van der Waals surface area contributed by atoms with Gasteiger partial charge in [0.15, 0.2) is 0 Å². The Bertz CT molecular complexity index is 580. The van der Waals surface area contributed by atoms with Crippen LogP contribution in [0.2, 0.25) is 10.0 Å². The molecule has 0 aliphatic heterocycles. The second-order valence-electron chi connectivity index (χ2n) is 4.47. The van der Waals surface area contributed by atoms with Gasteiger partial charge < -0.3 is 5.32 Å². The number of hydrogen-bond donors (Lipinski definition) is 1. The minimum atomic E-state index is 0.0274. The summed E-state index contributed by atoms with van der Waals surface area (Å²) in [5.74, 6) is 0. The van der Waals surface area contributed by atoms with Crippen molar-refractivity contribution in [2.24, 2.45) is 7.05 Å². The first-order valence-corrected chi connectivity index (χ1v) is 6.74. The van der Waals surface area contributed by atoms with Crippen LogP contribution in [0.5, 0.6) is 0 Å². The predicted octanol–water partition coefficient (Wildman–Crippen LogP) is 2.93. The van der Waals surface area contributed by atoms with Gasteiger partial charge in [0.1, 0.15) is 0 Å². The first-order valence-electron chi connectivity index (χ1n) is 5.99. The monoisotopic (exact) mass is 298 g/mol. The van der Waals surface area contributed by atoms with E-state index in [0.717, 1.165) is 23.5 Å². The van der Waals surface area contributed by atoms with Crippen molar-refractivity contribution in [2.45, 2.75) is 19.4 Å². The molecule has 0 fully saturated rings. The number of hydrogen-bond acceptors (Lipinski definition) is 3. The van der Waals surface area contributed by atoms with Crippen LogP contribution in [0.3, 0.4) is 0 Å². The zero-order valence-corrected chi connectivity index (χ0v) is 12.6. The lowest BCUT2D eigenvalue weighted by atomic mass is 10.1. The van der Waals surface area contributed by atoms with Gasteiger partial charge >= 0.3 is 0 Å². The van der Waals surface area contributed by atoms with Crippen molar-refractivity contribution in [3.05, 3.63) is 45.5 Å². The van der Waals surface area contributed by atoms with E-state index >= 15 is 0 Å². The molecule has 0 saturated carbocycles. The maximum atomic E-state index is 6.20. The minimum absolute atomic E-state index is 0.0274. The van der Waals surface area contributed by atoms with Gasteiger partial charge in [-0.2, -0.15) is 5.10 Å². The lowest BCUT2D eigenvalue weighted by Crippen LogP contribution is -2.21. The van der Waals surface area contributed by atoms with Crippen LogP contribution in [0.15, 0.2) is 18.3 Å². The molecular formula is C13H16Cl2N4. The summed E-state index contributed by atoms with van der Waals surface area (Å²) in [7, 11) is 3.83. The highest BCUT2D eigenvalue weighted by molar-refractivity contribution is 6.34. The van der Waals surface area contributed by atoms with Gasteiger partial charge in [0, 0.05) is 25.4 Å². The summed E-state index contributed by atoms with van der Waals surface area (Å²) < 4.78 is 1.88. The molecule has 0 amide bonds. The SMILES string of the molecule is CNC(Cc1cc(C)nn1C)c1ncc(Cl)cc1Cl. The molecule has 6 heteroatoms. The number of pyridine rings is 1. The Labute approximate surface area is 122 Å². The van der Waals surface area contributed by atoms with E-state index in [2.05, 4.69) is 21.5 Å². The Balaban J connectivity index is 2.27. The molecule has 2 rings (SSSR count). The molecular weight excluding hydrogens is 283 g/mol. The molecule has 1 N–H and O–H groups in total. The number of aryl methyl sites for hydroxylation is 2. The Morgan fingerprint density at radius 3 is 2.63 bits per heavy atom. The molecule has 1 atom stereocenters. The van der Waals surface area contributed by atoms with E-state index < -0.39 is 0 Å². The average molecular weight is 299 g/mol. The zero-order valence-electron chi connectivity index (χ0n) is 11.1. The van der Waals surface area contributed by atoms with Gasteiger partial charge in [-0.25, -0.2) is 0 Å². The Kier molecular flexibility index (Phi) is 4.45. The van der Waals surface area contributed by atoms with Crippen LogP contribution in [-0.4, -0.2) is 21.8 Å². The predicted molar refractivity (Wildman–Crippen MR) is 77.7 cm³/mol. The zero-order chi connectivity index (χ0) is 14.0. The number of aromatic nitrogens is 3. The highest BCUT2D eigenvalue weighted by Crippen LogP contribution is 2.26. The van der Waals surface area contributed by atoms with Gasteiger partial charge in [-0.3, -0.25) is 9.67 Å². The van der Waals surface area contributed by atoms with Crippen LogP contribution in [-0.2, 0) is 13.5 Å². The van der Waals surface area contributed by atoms with Crippen LogP contribution in [0.4, 0.5) is 0 Å². The molecule has 1 unspecified atom stereocenters. The summed E-state index contributed by atoms with van der Waals surface area (Å²) in [6, 6.07) is 3.80. The van der Waals surface area contributed by atoms with E-state index in [-0.39, 0.29) is 6.04 Å². The number of nitrogens with one attached hydrogen (secondary N) is 1. The Hall–Kier alpha value is -1.10. The van der Waals surface area contributed by atoms with E-state index in [0.29, 0.717) is 10.0 Å². The highest BCUT2D eigenvalue weighted by atomic mass is 35.5. The fourth-order valence-electron chi connectivity index (χ4n) is 2.08. The molecule has 0 saturated heterocycles. The second kappa shape index (κ2) is 5.90. The number of nitrogens with zero attached hydrogens (tertiary/aromatic N) is 3. The maximum Gasteiger partial charge on any atom is 0.0764 e. The van der Waals surface area contributed by atoms with Crippen molar-refractivity contribution in [2.75, 3.05) is 7.05 Å². The van der Waals surface area contributed by atoms with Crippen molar-refractivity contribution in [1.82, 2.24) is 20.1 Å². The summed E-state index contributed by atoms with van der Waals surface area (Å²) in [5.41, 5.74) is 2.93. The Morgan fingerprint density at radius 1 is 1.37 bits per heavy atom. The van der Waals surface area contributed by atoms with Gasteiger partial charge in [0.25, 0.3) is 0 Å². The summed E-state index contributed by atoms with van der Waals surface area (Å²) in [5, 5.41) is 8.69. The third-order valence-electron chi connectivity index (χ3n) is 3.03. The van der Waals surface area contributed by atoms with Crippen molar-refractivity contribution in [3.8, 4) is 0 Å². The fraction of sp³-hybridized carbons (Fsp3) is 0.385. The lowest BCUT2D eigenvalue weighted by Gasteiger charge is -2.17. The molecule has 4 nitrogen and oxygen atoms in total. The van der Waals surface area contributed by atoms with Crippen molar-refractivity contribution < 1.29 is 0 Å². The van der Waals surface area contributed by atoms with Crippen LogP contribution < -0.4 is 5.32 Å². The topological polar surface area (TPSA) is 42.7 Å². The van der Waals surface area contributed by atoms with E-state index in [1.54, 1.807) is 12.3 Å². The molecule has 102 valence electrons. The smallest absolute Gasteiger partial charge is 0.0764 e. The highest BCUT2D eigenvalue weighted by Gasteiger charge is 2.17.